The number of likely N-dealkylation sites (tertiary alicyclic amines) is 2. The van der Waals surface area contributed by atoms with Gasteiger partial charge in [0.1, 0.15) is 0 Å². The zero-order chi connectivity index (χ0) is 19.6. The van der Waals surface area contributed by atoms with Gasteiger partial charge in [-0.1, -0.05) is 23.4 Å². The summed E-state index contributed by atoms with van der Waals surface area (Å²) in [7, 11) is 0. The van der Waals surface area contributed by atoms with Crippen molar-refractivity contribution in [2.45, 2.75) is 38.8 Å². The number of benzene rings is 1. The van der Waals surface area contributed by atoms with Crippen LogP contribution in [-0.2, 0) is 13.1 Å². The van der Waals surface area contributed by atoms with Gasteiger partial charge in [-0.3, -0.25) is 14.4 Å². The molecule has 29 heavy (non-hydrogen) atoms. The van der Waals surface area contributed by atoms with Crippen LogP contribution in [0.4, 0.5) is 0 Å². The van der Waals surface area contributed by atoms with E-state index in [1.807, 2.05) is 27.1 Å². The van der Waals surface area contributed by atoms with E-state index in [9.17, 15) is 4.79 Å². The number of amides is 1. The molecule has 0 spiro atoms. The van der Waals surface area contributed by atoms with Crippen LogP contribution in [-0.4, -0.2) is 56.9 Å². The summed E-state index contributed by atoms with van der Waals surface area (Å²) in [4.78, 5) is 18.4. The Bertz CT molecular complexity index is 957. The van der Waals surface area contributed by atoms with E-state index in [1.165, 1.54) is 27.8 Å². The van der Waals surface area contributed by atoms with Crippen LogP contribution in [0.25, 0.3) is 10.1 Å². The average Bonchev–Trinajstić information content (AvgIpc) is 3.48. The third-order valence-electron chi connectivity index (χ3n) is 6.06. The molecule has 2 aromatic heterocycles. The number of aromatic nitrogens is 3. The number of hydrogen-bond donors (Lipinski definition) is 0. The first-order valence-electron chi connectivity index (χ1n) is 10.6. The molecule has 0 bridgehead atoms. The molecule has 1 amide bonds. The zero-order valence-electron chi connectivity index (χ0n) is 16.7. The van der Waals surface area contributed by atoms with Crippen molar-refractivity contribution in [2.75, 3.05) is 26.2 Å². The molecule has 2 aliphatic rings. The zero-order valence-corrected chi connectivity index (χ0v) is 17.5. The van der Waals surface area contributed by atoms with E-state index in [0.29, 0.717) is 11.6 Å². The van der Waals surface area contributed by atoms with Gasteiger partial charge < -0.3 is 4.90 Å². The topological polar surface area (TPSA) is 54.3 Å². The highest BCUT2D eigenvalue weighted by molar-refractivity contribution is 7.19. The molecule has 0 saturated carbocycles. The summed E-state index contributed by atoms with van der Waals surface area (Å²) in [6.45, 7) is 5.78. The first-order chi connectivity index (χ1) is 14.2. The van der Waals surface area contributed by atoms with Crippen LogP contribution in [0, 0.1) is 5.92 Å². The number of carbonyl (C=O) groups is 1. The third-order valence-corrected chi connectivity index (χ3v) is 7.16. The SMILES string of the molecule is O=C(c1cn(C[C@@H]2CCCN(Cc3cc4ccccc4s3)C2)nn1)N1CCCC1. The van der Waals surface area contributed by atoms with Crippen molar-refractivity contribution < 1.29 is 4.79 Å². The summed E-state index contributed by atoms with van der Waals surface area (Å²) in [5.74, 6) is 0.582. The van der Waals surface area contributed by atoms with E-state index in [1.54, 1.807) is 0 Å². The van der Waals surface area contributed by atoms with Crippen LogP contribution in [0.15, 0.2) is 36.5 Å². The van der Waals surface area contributed by atoms with Crippen LogP contribution in [0.2, 0.25) is 0 Å². The van der Waals surface area contributed by atoms with E-state index in [0.717, 1.165) is 52.1 Å². The Morgan fingerprint density at radius 3 is 2.86 bits per heavy atom. The molecule has 2 aliphatic heterocycles. The summed E-state index contributed by atoms with van der Waals surface area (Å²) in [6, 6.07) is 10.9. The number of thiophene rings is 1. The molecule has 1 atom stereocenters. The molecule has 0 N–H and O–H groups in total. The molecule has 0 radical (unpaired) electrons. The van der Waals surface area contributed by atoms with Gasteiger partial charge in [0.05, 0.1) is 6.20 Å². The van der Waals surface area contributed by atoms with Crippen LogP contribution < -0.4 is 0 Å². The normalized spacial score (nSPS) is 20.6. The summed E-state index contributed by atoms with van der Waals surface area (Å²) in [5, 5.41) is 9.74. The van der Waals surface area contributed by atoms with Crippen LogP contribution in [0.3, 0.4) is 0 Å². The highest BCUT2D eigenvalue weighted by atomic mass is 32.1. The van der Waals surface area contributed by atoms with Gasteiger partial charge in [-0.25, -0.2) is 0 Å². The highest BCUT2D eigenvalue weighted by Crippen LogP contribution is 2.28. The second kappa shape index (κ2) is 8.24. The number of nitrogens with zero attached hydrogens (tertiary/aromatic N) is 5. The fourth-order valence-corrected chi connectivity index (χ4v) is 5.72. The Morgan fingerprint density at radius 2 is 2.00 bits per heavy atom. The number of fused-ring (bicyclic) bond motifs is 1. The van der Waals surface area contributed by atoms with Crippen molar-refractivity contribution in [3.63, 3.8) is 0 Å². The predicted molar refractivity (Wildman–Crippen MR) is 115 cm³/mol. The molecule has 1 aromatic carbocycles. The van der Waals surface area contributed by atoms with Crippen molar-refractivity contribution in [1.82, 2.24) is 24.8 Å². The van der Waals surface area contributed by atoms with Gasteiger partial charge in [0.2, 0.25) is 0 Å². The minimum atomic E-state index is 0.0313. The van der Waals surface area contributed by atoms with Gasteiger partial charge in [0, 0.05) is 42.3 Å². The van der Waals surface area contributed by atoms with Crippen LogP contribution in [0.1, 0.15) is 41.0 Å². The number of hydrogen-bond acceptors (Lipinski definition) is 5. The lowest BCUT2D eigenvalue weighted by Crippen LogP contribution is -2.36. The minimum absolute atomic E-state index is 0.0313. The second-order valence-electron chi connectivity index (χ2n) is 8.32. The first kappa shape index (κ1) is 18.8. The maximum Gasteiger partial charge on any atom is 0.276 e. The lowest BCUT2D eigenvalue weighted by molar-refractivity contribution is 0.0787. The number of carbonyl (C=O) groups excluding carboxylic acids is 1. The highest BCUT2D eigenvalue weighted by Gasteiger charge is 2.24. The molecular weight excluding hydrogens is 382 g/mol. The van der Waals surface area contributed by atoms with E-state index in [2.05, 4.69) is 45.5 Å². The van der Waals surface area contributed by atoms with Crippen molar-refractivity contribution in [3.05, 3.63) is 47.1 Å². The molecule has 3 aromatic rings. The van der Waals surface area contributed by atoms with Gasteiger partial charge in [0.25, 0.3) is 5.91 Å². The van der Waals surface area contributed by atoms with Gasteiger partial charge >= 0.3 is 0 Å². The first-order valence-corrected chi connectivity index (χ1v) is 11.5. The molecule has 5 rings (SSSR count). The molecule has 6 nitrogen and oxygen atoms in total. The lowest BCUT2D eigenvalue weighted by Gasteiger charge is -2.32. The largest absolute Gasteiger partial charge is 0.337 e. The Labute approximate surface area is 175 Å². The molecule has 2 saturated heterocycles. The Hall–Kier alpha value is -2.25. The molecule has 2 fully saturated rings. The van der Waals surface area contributed by atoms with E-state index in [-0.39, 0.29) is 5.91 Å². The third kappa shape index (κ3) is 4.21. The smallest absolute Gasteiger partial charge is 0.276 e. The molecule has 0 unspecified atom stereocenters. The molecule has 152 valence electrons. The summed E-state index contributed by atoms with van der Waals surface area (Å²) in [5.41, 5.74) is 0.491. The Balaban J connectivity index is 1.19. The molecule has 4 heterocycles. The fraction of sp³-hybridized carbons (Fsp3) is 0.500. The van der Waals surface area contributed by atoms with Crippen molar-refractivity contribution >= 4 is 27.3 Å². The fourth-order valence-electron chi connectivity index (χ4n) is 4.61. The van der Waals surface area contributed by atoms with E-state index in [4.69, 9.17) is 0 Å². The van der Waals surface area contributed by atoms with Gasteiger partial charge in [-0.15, -0.1) is 16.4 Å². The quantitative estimate of drug-likeness (QED) is 0.646. The van der Waals surface area contributed by atoms with Gasteiger partial charge in [0.15, 0.2) is 5.69 Å². The van der Waals surface area contributed by atoms with Crippen molar-refractivity contribution in [3.8, 4) is 0 Å². The minimum Gasteiger partial charge on any atom is -0.337 e. The van der Waals surface area contributed by atoms with Crippen LogP contribution in [0.5, 0.6) is 0 Å². The maximum atomic E-state index is 12.5. The van der Waals surface area contributed by atoms with Gasteiger partial charge in [-0.05, 0) is 55.7 Å². The summed E-state index contributed by atoms with van der Waals surface area (Å²) >= 11 is 1.90. The Morgan fingerprint density at radius 1 is 1.14 bits per heavy atom. The lowest BCUT2D eigenvalue weighted by atomic mass is 9.98. The van der Waals surface area contributed by atoms with E-state index >= 15 is 0 Å². The Kier molecular flexibility index (Phi) is 5.33. The maximum absolute atomic E-state index is 12.5. The number of rotatable bonds is 5. The predicted octanol–water partition coefficient (Wildman–Crippen LogP) is 3.64. The van der Waals surface area contributed by atoms with Gasteiger partial charge in [-0.2, -0.15) is 0 Å². The number of piperidine rings is 1. The summed E-state index contributed by atoms with van der Waals surface area (Å²) < 4.78 is 3.24. The van der Waals surface area contributed by atoms with Crippen molar-refractivity contribution in [2.24, 2.45) is 5.92 Å². The standard InChI is InChI=1S/C22H27N5OS/c28-22(26-10-3-4-11-26)20-16-27(24-23-20)14-17-6-5-9-25(13-17)15-19-12-18-7-1-2-8-21(18)29-19/h1-2,7-8,12,16-17H,3-6,9-11,13-15H2/t17-/m1/s1. The summed E-state index contributed by atoms with van der Waals surface area (Å²) in [6.07, 6.45) is 6.45. The van der Waals surface area contributed by atoms with Crippen molar-refractivity contribution in [1.29, 1.82) is 0 Å². The molecule has 7 heteroatoms. The van der Waals surface area contributed by atoms with Crippen LogP contribution >= 0.6 is 11.3 Å². The second-order valence-corrected chi connectivity index (χ2v) is 9.49. The molecular formula is C22H27N5OS. The average molecular weight is 410 g/mol. The van der Waals surface area contributed by atoms with E-state index < -0.39 is 0 Å². The molecule has 0 aliphatic carbocycles. The monoisotopic (exact) mass is 409 g/mol.